The lowest BCUT2D eigenvalue weighted by molar-refractivity contribution is -0.147. The number of aliphatic carboxylic acids is 1. The van der Waals surface area contributed by atoms with Crippen LogP contribution >= 0.6 is 0 Å². The van der Waals surface area contributed by atoms with Crippen molar-refractivity contribution in [1.29, 1.82) is 0 Å². The van der Waals surface area contributed by atoms with Gasteiger partial charge >= 0.3 is 5.97 Å². The maximum absolute atomic E-state index is 13.6. The number of nitrogens with one attached hydrogen (secondary N) is 1. The minimum Gasteiger partial charge on any atom is -0.480 e. The molecule has 3 aliphatic heterocycles. The molecule has 0 aliphatic carbocycles. The number of pyridine rings is 1. The van der Waals surface area contributed by atoms with E-state index in [1.807, 2.05) is 4.90 Å². The monoisotopic (exact) mass is 529 g/mol. The maximum Gasteiger partial charge on any atom is 0.325 e. The van der Waals surface area contributed by atoms with Crippen LogP contribution in [0, 0.1) is 0 Å². The first-order valence-corrected chi connectivity index (χ1v) is 13.8. The topological polar surface area (TPSA) is 83.9 Å². The Morgan fingerprint density at radius 3 is 2.92 bits per heavy atom. The van der Waals surface area contributed by atoms with E-state index < -0.39 is 30.6 Å². The van der Waals surface area contributed by atoms with Crippen LogP contribution in [0.25, 0.3) is 0 Å². The Bertz CT molecular complexity index is 1100. The molecule has 9 heteroatoms. The maximum atomic E-state index is 13.6. The lowest BCUT2D eigenvalue weighted by atomic mass is 9.91. The molecule has 4 heterocycles. The predicted octanol–water partition coefficient (Wildman–Crippen LogP) is 5.17. The third-order valence-corrected chi connectivity index (χ3v) is 7.81. The number of carboxylic acid groups (broad SMARTS) is 1. The number of fused-ring (bicyclic) bond motifs is 1. The van der Waals surface area contributed by atoms with Gasteiger partial charge in [-0.1, -0.05) is 30.3 Å². The predicted molar refractivity (Wildman–Crippen MR) is 140 cm³/mol. The number of carbonyl (C=O) groups is 1. The first-order chi connectivity index (χ1) is 18.4. The van der Waals surface area contributed by atoms with Gasteiger partial charge in [0.05, 0.1) is 12.2 Å². The van der Waals surface area contributed by atoms with Crippen LogP contribution in [0.1, 0.15) is 73.1 Å². The molecule has 2 saturated heterocycles. The summed E-state index contributed by atoms with van der Waals surface area (Å²) < 4.78 is 38.8. The molecule has 2 unspecified atom stereocenters. The van der Waals surface area contributed by atoms with E-state index in [0.717, 1.165) is 56.6 Å². The van der Waals surface area contributed by atoms with Crippen molar-refractivity contribution in [3.63, 3.8) is 0 Å². The zero-order valence-electron chi connectivity index (χ0n) is 21.7. The number of hydrogen-bond acceptors (Lipinski definition) is 6. The molecular weight excluding hydrogens is 492 g/mol. The highest BCUT2D eigenvalue weighted by atomic mass is 19.3. The third-order valence-electron chi connectivity index (χ3n) is 7.81. The van der Waals surface area contributed by atoms with E-state index in [9.17, 15) is 18.7 Å². The van der Waals surface area contributed by atoms with Crippen molar-refractivity contribution in [2.24, 2.45) is 0 Å². The van der Waals surface area contributed by atoms with Gasteiger partial charge < -0.3 is 19.9 Å². The van der Waals surface area contributed by atoms with Gasteiger partial charge in [-0.2, -0.15) is 0 Å². The minimum absolute atomic E-state index is 0.0281. The van der Waals surface area contributed by atoms with Crippen LogP contribution in [0.5, 0.6) is 0 Å². The van der Waals surface area contributed by atoms with Gasteiger partial charge in [0.1, 0.15) is 18.5 Å². The fourth-order valence-corrected chi connectivity index (χ4v) is 5.80. The highest BCUT2D eigenvalue weighted by molar-refractivity contribution is 5.76. The van der Waals surface area contributed by atoms with E-state index in [2.05, 4.69) is 17.4 Å². The molecule has 38 heavy (non-hydrogen) atoms. The average molecular weight is 530 g/mol. The van der Waals surface area contributed by atoms with Gasteiger partial charge in [-0.3, -0.25) is 9.69 Å². The molecule has 5 rings (SSSR count). The van der Waals surface area contributed by atoms with Crippen LogP contribution in [-0.4, -0.2) is 65.8 Å². The number of likely N-dealkylation sites (tertiary alicyclic amines) is 1. The summed E-state index contributed by atoms with van der Waals surface area (Å²) >= 11 is 0. The van der Waals surface area contributed by atoms with Crippen molar-refractivity contribution in [3.8, 4) is 0 Å². The number of nitrogens with zero attached hydrogens (tertiary/aromatic N) is 2. The van der Waals surface area contributed by atoms with Gasteiger partial charge in [-0.15, -0.1) is 0 Å². The van der Waals surface area contributed by atoms with Crippen LogP contribution in [0.4, 0.5) is 14.6 Å². The smallest absolute Gasteiger partial charge is 0.325 e. The highest BCUT2D eigenvalue weighted by Crippen LogP contribution is 2.39. The molecular formula is C29H37F2N3O4. The van der Waals surface area contributed by atoms with Crippen molar-refractivity contribution in [1.82, 2.24) is 9.88 Å². The molecule has 0 spiro atoms. The zero-order chi connectivity index (χ0) is 26.5. The summed E-state index contributed by atoms with van der Waals surface area (Å²) in [5.74, 6) is -2.75. The number of carboxylic acids is 1. The van der Waals surface area contributed by atoms with Crippen molar-refractivity contribution < 1.29 is 28.2 Å². The molecule has 0 amide bonds. The molecule has 2 N–H and O–H groups in total. The van der Waals surface area contributed by atoms with Crippen molar-refractivity contribution in [3.05, 3.63) is 58.8 Å². The summed E-state index contributed by atoms with van der Waals surface area (Å²) in [7, 11) is 0. The molecule has 206 valence electrons. The molecule has 1 aromatic heterocycles. The number of unbranched alkanes of at least 4 members (excludes halogenated alkanes) is 1. The van der Waals surface area contributed by atoms with Crippen LogP contribution in [0.3, 0.4) is 0 Å². The largest absolute Gasteiger partial charge is 0.480 e. The van der Waals surface area contributed by atoms with E-state index in [-0.39, 0.29) is 18.9 Å². The number of halogens is 2. The van der Waals surface area contributed by atoms with E-state index in [1.165, 1.54) is 5.56 Å². The van der Waals surface area contributed by atoms with Crippen molar-refractivity contribution in [2.75, 3.05) is 38.2 Å². The standard InChI is InChI=1S/C29H37F2N3O4/c30-29(31)14-12-25(38-19-29)23-8-1-2-9-24(23)26(28(35)36)34-16-13-22(18-34)37-17-4-3-7-21-11-10-20-6-5-15-32-27(20)33-21/h1-2,8-11,22,25-26H,3-7,12-19H2,(H,32,33)(H,35,36)/t22-,25?,26?/m1/s1. The van der Waals surface area contributed by atoms with Crippen molar-refractivity contribution in [2.45, 2.75) is 75.5 Å². The number of hydrogen-bond donors (Lipinski definition) is 2. The highest BCUT2D eigenvalue weighted by Gasteiger charge is 2.40. The van der Waals surface area contributed by atoms with E-state index in [4.69, 9.17) is 14.5 Å². The fourth-order valence-electron chi connectivity index (χ4n) is 5.80. The number of rotatable bonds is 10. The summed E-state index contributed by atoms with van der Waals surface area (Å²) in [4.78, 5) is 19.1. The molecule has 1 aromatic carbocycles. The molecule has 2 aromatic rings. The second-order valence-electron chi connectivity index (χ2n) is 10.6. The average Bonchev–Trinajstić information content (AvgIpc) is 3.37. The number of ether oxygens (including phenoxy) is 2. The lowest BCUT2D eigenvalue weighted by Crippen LogP contribution is -2.35. The van der Waals surface area contributed by atoms with Gasteiger partial charge in [-0.05, 0) is 67.7 Å². The summed E-state index contributed by atoms with van der Waals surface area (Å²) in [5, 5.41) is 13.5. The SMILES string of the molecule is O=C(O)C(c1ccccc1C1CCC(F)(F)CO1)N1CC[C@@H](OCCCCc2ccc3c(n2)NCCC3)C1. The summed E-state index contributed by atoms with van der Waals surface area (Å²) in [6, 6.07) is 10.6. The summed E-state index contributed by atoms with van der Waals surface area (Å²) in [5.41, 5.74) is 3.69. The van der Waals surface area contributed by atoms with Gasteiger partial charge in [0.25, 0.3) is 5.92 Å². The van der Waals surface area contributed by atoms with Gasteiger partial charge in [0, 0.05) is 38.4 Å². The number of alkyl halides is 2. The van der Waals surface area contributed by atoms with Crippen LogP contribution in [-0.2, 0) is 27.1 Å². The first-order valence-electron chi connectivity index (χ1n) is 13.8. The molecule has 7 nitrogen and oxygen atoms in total. The van der Waals surface area contributed by atoms with Gasteiger partial charge in [0.2, 0.25) is 0 Å². The van der Waals surface area contributed by atoms with E-state index in [0.29, 0.717) is 30.8 Å². The molecule has 0 bridgehead atoms. The van der Waals surface area contributed by atoms with Gasteiger partial charge in [-0.25, -0.2) is 13.8 Å². The number of anilines is 1. The second-order valence-corrected chi connectivity index (χ2v) is 10.6. The summed E-state index contributed by atoms with van der Waals surface area (Å²) in [6.07, 6.45) is 5.15. The molecule has 3 aliphatic rings. The molecule has 0 saturated carbocycles. The Labute approximate surface area is 222 Å². The van der Waals surface area contributed by atoms with Crippen LogP contribution in [0.15, 0.2) is 36.4 Å². The Balaban J connectivity index is 1.12. The van der Waals surface area contributed by atoms with Crippen molar-refractivity contribution >= 4 is 11.8 Å². The number of benzene rings is 1. The normalized spacial score (nSPS) is 23.9. The third kappa shape index (κ3) is 6.50. The Kier molecular flexibility index (Phi) is 8.55. The fraction of sp³-hybridized carbons (Fsp3) is 0.586. The number of aromatic nitrogens is 1. The second kappa shape index (κ2) is 12.1. The van der Waals surface area contributed by atoms with Crippen LogP contribution in [0.2, 0.25) is 0 Å². The molecule has 0 radical (unpaired) electrons. The van der Waals surface area contributed by atoms with E-state index >= 15 is 0 Å². The molecule has 3 atom stereocenters. The quantitative estimate of drug-likeness (QED) is 0.411. The Morgan fingerprint density at radius 1 is 1.24 bits per heavy atom. The zero-order valence-corrected chi connectivity index (χ0v) is 21.7. The summed E-state index contributed by atoms with van der Waals surface area (Å²) in [6.45, 7) is 2.10. The first kappa shape index (κ1) is 27.0. The van der Waals surface area contributed by atoms with Gasteiger partial charge in [0.15, 0.2) is 0 Å². The Hall–Kier alpha value is -2.62. The minimum atomic E-state index is -2.83. The van der Waals surface area contributed by atoms with E-state index in [1.54, 1.807) is 24.3 Å². The molecule has 2 fully saturated rings. The Morgan fingerprint density at radius 2 is 2.11 bits per heavy atom. The van der Waals surface area contributed by atoms with Crippen LogP contribution < -0.4 is 5.32 Å². The number of aryl methyl sites for hydroxylation is 2. The lowest BCUT2D eigenvalue weighted by Gasteiger charge is -2.32.